The second-order valence-corrected chi connectivity index (χ2v) is 4.30. The smallest absolute Gasteiger partial charge is 0.0534 e. The van der Waals surface area contributed by atoms with Crippen LogP contribution in [0.25, 0.3) is 0 Å². The van der Waals surface area contributed by atoms with Gasteiger partial charge in [0, 0.05) is 17.8 Å². The average molecular weight is 229 g/mol. The average Bonchev–Trinajstić information content (AvgIpc) is 2.89. The van der Waals surface area contributed by atoms with Gasteiger partial charge in [0.2, 0.25) is 0 Å². The minimum absolute atomic E-state index is 0.365. The summed E-state index contributed by atoms with van der Waals surface area (Å²) in [5, 5.41) is 10.3. The van der Waals surface area contributed by atoms with Crippen molar-refractivity contribution in [1.29, 1.82) is 0 Å². The van der Waals surface area contributed by atoms with Gasteiger partial charge in [-0.25, -0.2) is 0 Å². The normalized spacial score (nSPS) is 12.5. The molecule has 0 aliphatic carbocycles. The van der Waals surface area contributed by atoms with E-state index in [1.54, 1.807) is 0 Å². The number of rotatable bonds is 6. The first kappa shape index (κ1) is 11.9. The van der Waals surface area contributed by atoms with Gasteiger partial charge in [-0.1, -0.05) is 30.3 Å². The Morgan fingerprint density at radius 3 is 2.82 bits per heavy atom. The summed E-state index contributed by atoms with van der Waals surface area (Å²) in [5.74, 6) is 0. The maximum Gasteiger partial charge on any atom is 0.0534 e. The summed E-state index contributed by atoms with van der Waals surface area (Å²) in [6, 6.07) is 11.0. The number of aryl methyl sites for hydroxylation is 1. The number of nitrogens with one attached hydrogen (secondary N) is 2. The van der Waals surface area contributed by atoms with Gasteiger partial charge >= 0.3 is 0 Å². The van der Waals surface area contributed by atoms with Gasteiger partial charge < -0.3 is 5.32 Å². The number of nitrogens with zero attached hydrogens (tertiary/aromatic N) is 1. The summed E-state index contributed by atoms with van der Waals surface area (Å²) in [6.07, 6.45) is 6.10. The molecule has 0 spiro atoms. The highest BCUT2D eigenvalue weighted by Crippen LogP contribution is 2.09. The standard InChI is InChI=1S/C14H19N3/c1-12(14-10-16-17-11-14)15-9-5-8-13-6-3-2-4-7-13/h2-4,6-7,10-12,15H,5,8-9H2,1H3,(H,16,17). The van der Waals surface area contributed by atoms with E-state index in [9.17, 15) is 0 Å². The molecule has 1 heterocycles. The van der Waals surface area contributed by atoms with Gasteiger partial charge in [0.05, 0.1) is 6.20 Å². The zero-order valence-electron chi connectivity index (χ0n) is 10.2. The number of aromatic nitrogens is 2. The van der Waals surface area contributed by atoms with E-state index in [1.807, 2.05) is 12.4 Å². The van der Waals surface area contributed by atoms with Gasteiger partial charge in [-0.2, -0.15) is 5.10 Å². The fourth-order valence-electron chi connectivity index (χ4n) is 1.87. The van der Waals surface area contributed by atoms with Crippen molar-refractivity contribution in [2.75, 3.05) is 6.54 Å². The molecule has 0 fully saturated rings. The number of hydrogen-bond acceptors (Lipinski definition) is 2. The molecule has 1 aromatic carbocycles. The lowest BCUT2D eigenvalue weighted by Crippen LogP contribution is -2.19. The maximum absolute atomic E-state index is 3.95. The Morgan fingerprint density at radius 1 is 1.29 bits per heavy atom. The Labute approximate surface area is 102 Å². The van der Waals surface area contributed by atoms with Crippen molar-refractivity contribution in [3.63, 3.8) is 0 Å². The third-order valence-electron chi connectivity index (χ3n) is 2.95. The van der Waals surface area contributed by atoms with Crippen molar-refractivity contribution in [3.05, 3.63) is 53.9 Å². The summed E-state index contributed by atoms with van der Waals surface area (Å²) in [5.41, 5.74) is 2.62. The Kier molecular flexibility index (Phi) is 4.33. The van der Waals surface area contributed by atoms with Gasteiger partial charge in [0.15, 0.2) is 0 Å². The van der Waals surface area contributed by atoms with Gasteiger partial charge in [0.25, 0.3) is 0 Å². The zero-order valence-corrected chi connectivity index (χ0v) is 10.2. The van der Waals surface area contributed by atoms with Crippen LogP contribution in [-0.4, -0.2) is 16.7 Å². The van der Waals surface area contributed by atoms with E-state index >= 15 is 0 Å². The fraction of sp³-hybridized carbons (Fsp3) is 0.357. The molecule has 1 unspecified atom stereocenters. The van der Waals surface area contributed by atoms with Gasteiger partial charge in [0.1, 0.15) is 0 Å². The van der Waals surface area contributed by atoms with Crippen LogP contribution in [0.3, 0.4) is 0 Å². The largest absolute Gasteiger partial charge is 0.310 e. The molecule has 0 amide bonds. The van der Waals surface area contributed by atoms with E-state index in [2.05, 4.69) is 52.8 Å². The molecule has 17 heavy (non-hydrogen) atoms. The summed E-state index contributed by atoms with van der Waals surface area (Å²) in [6.45, 7) is 3.19. The van der Waals surface area contributed by atoms with Crippen LogP contribution in [0.15, 0.2) is 42.7 Å². The number of benzene rings is 1. The van der Waals surface area contributed by atoms with Crippen LogP contribution in [0.2, 0.25) is 0 Å². The van der Waals surface area contributed by atoms with Crippen LogP contribution in [0.5, 0.6) is 0 Å². The van der Waals surface area contributed by atoms with Crippen LogP contribution < -0.4 is 5.32 Å². The SMILES string of the molecule is CC(NCCCc1ccccc1)c1cn[nH]c1. The second kappa shape index (κ2) is 6.21. The summed E-state index contributed by atoms with van der Waals surface area (Å²) in [4.78, 5) is 0. The molecule has 0 aliphatic rings. The Bertz CT molecular complexity index is 408. The topological polar surface area (TPSA) is 40.7 Å². The van der Waals surface area contributed by atoms with Crippen LogP contribution in [0.4, 0.5) is 0 Å². The molecule has 0 radical (unpaired) electrons. The minimum Gasteiger partial charge on any atom is -0.310 e. The molecule has 0 aliphatic heterocycles. The molecule has 1 atom stereocenters. The molecular weight excluding hydrogens is 210 g/mol. The van der Waals surface area contributed by atoms with E-state index in [-0.39, 0.29) is 0 Å². The summed E-state index contributed by atoms with van der Waals surface area (Å²) < 4.78 is 0. The van der Waals surface area contributed by atoms with E-state index in [1.165, 1.54) is 11.1 Å². The monoisotopic (exact) mass is 229 g/mol. The molecular formula is C14H19N3. The first-order valence-corrected chi connectivity index (χ1v) is 6.12. The van der Waals surface area contributed by atoms with Crippen LogP contribution in [0, 0.1) is 0 Å². The van der Waals surface area contributed by atoms with Gasteiger partial charge in [-0.3, -0.25) is 5.10 Å². The first-order valence-electron chi connectivity index (χ1n) is 6.12. The van der Waals surface area contributed by atoms with Gasteiger partial charge in [-0.05, 0) is 31.9 Å². The molecule has 2 N–H and O–H groups in total. The van der Waals surface area contributed by atoms with Crippen molar-refractivity contribution < 1.29 is 0 Å². The van der Waals surface area contributed by atoms with Crippen LogP contribution in [-0.2, 0) is 6.42 Å². The number of aromatic amines is 1. The van der Waals surface area contributed by atoms with Crippen molar-refractivity contribution >= 4 is 0 Å². The van der Waals surface area contributed by atoms with Crippen molar-refractivity contribution in [3.8, 4) is 0 Å². The maximum atomic E-state index is 3.95. The Balaban J connectivity index is 1.67. The summed E-state index contributed by atoms with van der Waals surface area (Å²) >= 11 is 0. The zero-order chi connectivity index (χ0) is 11.9. The highest BCUT2D eigenvalue weighted by Gasteiger charge is 2.04. The molecule has 0 saturated heterocycles. The quantitative estimate of drug-likeness (QED) is 0.748. The summed E-state index contributed by atoms with van der Waals surface area (Å²) in [7, 11) is 0. The minimum atomic E-state index is 0.365. The van der Waals surface area contributed by atoms with Crippen molar-refractivity contribution in [2.45, 2.75) is 25.8 Å². The van der Waals surface area contributed by atoms with Crippen molar-refractivity contribution in [2.24, 2.45) is 0 Å². The molecule has 0 saturated carbocycles. The fourth-order valence-corrected chi connectivity index (χ4v) is 1.87. The highest BCUT2D eigenvalue weighted by atomic mass is 15.1. The van der Waals surface area contributed by atoms with E-state index < -0.39 is 0 Å². The predicted molar refractivity (Wildman–Crippen MR) is 69.8 cm³/mol. The molecule has 1 aromatic heterocycles. The molecule has 2 aromatic rings. The van der Waals surface area contributed by atoms with Crippen molar-refractivity contribution in [1.82, 2.24) is 15.5 Å². The lowest BCUT2D eigenvalue weighted by Gasteiger charge is -2.11. The molecule has 3 nitrogen and oxygen atoms in total. The second-order valence-electron chi connectivity index (χ2n) is 4.30. The van der Waals surface area contributed by atoms with Gasteiger partial charge in [-0.15, -0.1) is 0 Å². The van der Waals surface area contributed by atoms with Crippen LogP contribution in [0.1, 0.15) is 30.5 Å². The van der Waals surface area contributed by atoms with E-state index in [0.717, 1.165) is 19.4 Å². The Morgan fingerprint density at radius 2 is 2.12 bits per heavy atom. The Hall–Kier alpha value is -1.61. The first-order chi connectivity index (χ1) is 8.36. The van der Waals surface area contributed by atoms with E-state index in [4.69, 9.17) is 0 Å². The predicted octanol–water partition coefficient (Wildman–Crippen LogP) is 2.69. The molecule has 90 valence electrons. The molecule has 2 rings (SSSR count). The lowest BCUT2D eigenvalue weighted by molar-refractivity contribution is 0.558. The number of hydrogen-bond donors (Lipinski definition) is 2. The third kappa shape index (κ3) is 3.71. The number of H-pyrrole nitrogens is 1. The lowest BCUT2D eigenvalue weighted by atomic mass is 10.1. The molecule has 0 bridgehead atoms. The molecule has 3 heteroatoms. The van der Waals surface area contributed by atoms with Crippen LogP contribution >= 0.6 is 0 Å². The highest BCUT2D eigenvalue weighted by molar-refractivity contribution is 5.14. The van der Waals surface area contributed by atoms with E-state index in [0.29, 0.717) is 6.04 Å². The third-order valence-corrected chi connectivity index (χ3v) is 2.95.